The summed E-state index contributed by atoms with van der Waals surface area (Å²) in [5, 5.41) is 10.6. The lowest BCUT2D eigenvalue weighted by Gasteiger charge is -2.02. The Morgan fingerprint density at radius 1 is 1.50 bits per heavy atom. The van der Waals surface area contributed by atoms with E-state index < -0.39 is 10.9 Å². The van der Waals surface area contributed by atoms with Crippen LogP contribution in [0.4, 0.5) is 5.69 Å². The third-order valence-electron chi connectivity index (χ3n) is 1.90. The van der Waals surface area contributed by atoms with E-state index in [1.165, 1.54) is 30.4 Å². The van der Waals surface area contributed by atoms with E-state index in [9.17, 15) is 14.9 Å². The number of carbonyl (C=O) groups is 1. The van der Waals surface area contributed by atoms with Crippen molar-refractivity contribution in [2.45, 2.75) is 13.8 Å². The molecule has 0 aliphatic rings. The number of ether oxygens (including phenoxy) is 1. The minimum Gasteiger partial charge on any atom is -0.423 e. The Morgan fingerprint density at radius 3 is 2.75 bits per heavy atom. The number of rotatable bonds is 3. The van der Waals surface area contributed by atoms with Crippen LogP contribution in [0.15, 0.2) is 30.4 Å². The highest BCUT2D eigenvalue weighted by Crippen LogP contribution is 2.23. The van der Waals surface area contributed by atoms with Crippen molar-refractivity contribution in [3.05, 3.63) is 46.0 Å². The van der Waals surface area contributed by atoms with Crippen LogP contribution in [0.3, 0.4) is 0 Å². The second-order valence-electron chi connectivity index (χ2n) is 3.13. The molecule has 0 bridgehead atoms. The topological polar surface area (TPSA) is 69.4 Å². The minimum absolute atomic E-state index is 0.0641. The van der Waals surface area contributed by atoms with Crippen molar-refractivity contribution in [1.29, 1.82) is 0 Å². The molecule has 0 aliphatic carbocycles. The summed E-state index contributed by atoms with van der Waals surface area (Å²) in [5.74, 6) is -0.388. The second kappa shape index (κ2) is 5.06. The first-order chi connectivity index (χ1) is 7.54. The van der Waals surface area contributed by atoms with Gasteiger partial charge in [0.25, 0.3) is 5.69 Å². The molecule has 1 aromatic rings. The number of esters is 1. The van der Waals surface area contributed by atoms with E-state index in [-0.39, 0.29) is 11.4 Å². The Bertz CT molecular complexity index is 451. The number of benzene rings is 1. The van der Waals surface area contributed by atoms with E-state index in [4.69, 9.17) is 4.74 Å². The van der Waals surface area contributed by atoms with Gasteiger partial charge in [-0.15, -0.1) is 0 Å². The fourth-order valence-electron chi connectivity index (χ4n) is 1.14. The molecule has 0 heterocycles. The molecule has 0 aliphatic heterocycles. The second-order valence-corrected chi connectivity index (χ2v) is 3.13. The highest BCUT2D eigenvalue weighted by Gasteiger charge is 2.12. The van der Waals surface area contributed by atoms with Gasteiger partial charge in [0, 0.05) is 11.6 Å². The summed E-state index contributed by atoms with van der Waals surface area (Å²) in [6.45, 7) is 3.30. The number of aryl methyl sites for hydroxylation is 1. The quantitative estimate of drug-likeness (QED) is 0.258. The maximum atomic E-state index is 11.1. The molecule has 5 nitrogen and oxygen atoms in total. The van der Waals surface area contributed by atoms with Crippen molar-refractivity contribution in [3.8, 4) is 5.75 Å². The number of nitro benzene ring substituents is 1. The number of nitro groups is 1. The molecule has 16 heavy (non-hydrogen) atoms. The van der Waals surface area contributed by atoms with Crippen LogP contribution >= 0.6 is 0 Å². The Hall–Kier alpha value is -2.17. The van der Waals surface area contributed by atoms with Gasteiger partial charge in [0.2, 0.25) is 0 Å². The van der Waals surface area contributed by atoms with Gasteiger partial charge < -0.3 is 4.74 Å². The first-order valence-corrected chi connectivity index (χ1v) is 4.64. The van der Waals surface area contributed by atoms with E-state index >= 15 is 0 Å². The van der Waals surface area contributed by atoms with Crippen LogP contribution in [-0.2, 0) is 4.79 Å². The van der Waals surface area contributed by atoms with Crippen molar-refractivity contribution in [2.75, 3.05) is 0 Å². The molecule has 0 fully saturated rings. The predicted molar refractivity (Wildman–Crippen MR) is 58.3 cm³/mol. The highest BCUT2D eigenvalue weighted by molar-refractivity contribution is 5.84. The lowest BCUT2D eigenvalue weighted by atomic mass is 10.2. The van der Waals surface area contributed by atoms with Gasteiger partial charge in [0.05, 0.1) is 11.0 Å². The van der Waals surface area contributed by atoms with E-state index in [0.29, 0.717) is 5.56 Å². The Balaban J connectivity index is 2.95. The van der Waals surface area contributed by atoms with Crippen LogP contribution in [-0.4, -0.2) is 10.9 Å². The van der Waals surface area contributed by atoms with E-state index in [1.807, 2.05) is 0 Å². The summed E-state index contributed by atoms with van der Waals surface area (Å²) in [5.41, 5.74) is 0.460. The molecule has 0 spiro atoms. The molecule has 0 aromatic heterocycles. The summed E-state index contributed by atoms with van der Waals surface area (Å²) in [7, 11) is 0. The van der Waals surface area contributed by atoms with Gasteiger partial charge in [-0.1, -0.05) is 6.08 Å². The van der Waals surface area contributed by atoms with E-state index in [2.05, 4.69) is 0 Å². The fraction of sp³-hybridized carbons (Fsp3) is 0.182. The van der Waals surface area contributed by atoms with Crippen molar-refractivity contribution in [2.24, 2.45) is 0 Å². The zero-order valence-electron chi connectivity index (χ0n) is 8.97. The third kappa shape index (κ3) is 2.91. The molecular weight excluding hydrogens is 210 g/mol. The molecule has 0 radical (unpaired) electrons. The zero-order chi connectivity index (χ0) is 12.1. The summed E-state index contributed by atoms with van der Waals surface area (Å²) < 4.78 is 4.87. The third-order valence-corrected chi connectivity index (χ3v) is 1.90. The van der Waals surface area contributed by atoms with E-state index in [0.717, 1.165) is 0 Å². The van der Waals surface area contributed by atoms with Crippen molar-refractivity contribution >= 4 is 11.7 Å². The fourth-order valence-corrected chi connectivity index (χ4v) is 1.14. The molecule has 0 atom stereocenters. The molecule has 0 amide bonds. The summed E-state index contributed by atoms with van der Waals surface area (Å²) in [6, 6.07) is 4.29. The Morgan fingerprint density at radius 2 is 2.19 bits per heavy atom. The standard InChI is InChI=1S/C11H11NO4/c1-3-4-11(13)16-9-6-5-8(2)10(7-9)12(14)15/h3-7H,1-2H3. The molecule has 1 rings (SSSR count). The van der Waals surface area contributed by atoms with Crippen molar-refractivity contribution in [1.82, 2.24) is 0 Å². The SMILES string of the molecule is CC=CC(=O)Oc1ccc(C)c([N+](=O)[O-])c1. The van der Waals surface area contributed by atoms with Gasteiger partial charge in [-0.25, -0.2) is 4.79 Å². The summed E-state index contributed by atoms with van der Waals surface area (Å²) in [6.07, 6.45) is 2.77. The first kappa shape index (κ1) is 11.9. The zero-order valence-corrected chi connectivity index (χ0v) is 8.97. The van der Waals surface area contributed by atoms with Crippen molar-refractivity contribution < 1.29 is 14.5 Å². The minimum atomic E-state index is -0.555. The van der Waals surface area contributed by atoms with Gasteiger partial charge in [-0.2, -0.15) is 0 Å². The average molecular weight is 221 g/mol. The molecular formula is C11H11NO4. The summed E-state index contributed by atoms with van der Waals surface area (Å²) >= 11 is 0. The molecule has 84 valence electrons. The molecule has 0 saturated heterocycles. The predicted octanol–water partition coefficient (Wildman–Crippen LogP) is 2.38. The number of nitrogens with zero attached hydrogens (tertiary/aromatic N) is 1. The molecule has 1 aromatic carbocycles. The Labute approximate surface area is 92.5 Å². The average Bonchev–Trinajstić information content (AvgIpc) is 2.21. The van der Waals surface area contributed by atoms with E-state index in [1.54, 1.807) is 13.8 Å². The van der Waals surface area contributed by atoms with Crippen molar-refractivity contribution in [3.63, 3.8) is 0 Å². The normalized spacial score (nSPS) is 10.4. The van der Waals surface area contributed by atoms with Crippen LogP contribution < -0.4 is 4.74 Å². The van der Waals surface area contributed by atoms with Crippen LogP contribution in [0, 0.1) is 17.0 Å². The first-order valence-electron chi connectivity index (χ1n) is 4.64. The largest absolute Gasteiger partial charge is 0.423 e. The molecule has 0 saturated carbocycles. The maximum Gasteiger partial charge on any atom is 0.335 e. The van der Waals surface area contributed by atoms with Gasteiger partial charge in [-0.3, -0.25) is 10.1 Å². The number of hydrogen-bond acceptors (Lipinski definition) is 4. The number of hydrogen-bond donors (Lipinski definition) is 0. The lowest BCUT2D eigenvalue weighted by Crippen LogP contribution is -2.04. The van der Waals surface area contributed by atoms with Gasteiger partial charge in [-0.05, 0) is 26.0 Å². The molecule has 5 heteroatoms. The Kier molecular flexibility index (Phi) is 3.77. The van der Waals surface area contributed by atoms with Gasteiger partial charge >= 0.3 is 5.97 Å². The smallest absolute Gasteiger partial charge is 0.335 e. The monoisotopic (exact) mass is 221 g/mol. The van der Waals surface area contributed by atoms with Gasteiger partial charge in [0.15, 0.2) is 0 Å². The molecule has 0 unspecified atom stereocenters. The van der Waals surface area contributed by atoms with Crippen LogP contribution in [0.1, 0.15) is 12.5 Å². The van der Waals surface area contributed by atoms with Gasteiger partial charge in [0.1, 0.15) is 5.75 Å². The summed E-state index contributed by atoms with van der Waals surface area (Å²) in [4.78, 5) is 21.2. The molecule has 0 N–H and O–H groups in total. The highest BCUT2D eigenvalue weighted by atomic mass is 16.6. The maximum absolute atomic E-state index is 11.1. The number of carbonyl (C=O) groups excluding carboxylic acids is 1. The van der Waals surface area contributed by atoms with Crippen LogP contribution in [0.2, 0.25) is 0 Å². The lowest BCUT2D eigenvalue weighted by molar-refractivity contribution is -0.385. The number of allylic oxidation sites excluding steroid dienone is 1. The van der Waals surface area contributed by atoms with Crippen LogP contribution in [0.25, 0.3) is 0 Å². The van der Waals surface area contributed by atoms with Crippen LogP contribution in [0.5, 0.6) is 5.75 Å².